The molecule has 17 heavy (non-hydrogen) atoms. The fourth-order valence-electron chi connectivity index (χ4n) is 1.36. The van der Waals surface area contributed by atoms with Gasteiger partial charge in [0.15, 0.2) is 11.5 Å². The molecule has 1 aromatic carbocycles. The summed E-state index contributed by atoms with van der Waals surface area (Å²) in [5.41, 5.74) is 0. The van der Waals surface area contributed by atoms with E-state index in [-0.39, 0.29) is 13.2 Å². The van der Waals surface area contributed by atoms with Gasteiger partial charge in [-0.05, 0) is 12.1 Å². The fraction of sp³-hybridized carbons (Fsp3) is 0.333. The summed E-state index contributed by atoms with van der Waals surface area (Å²) in [4.78, 5) is 0. The summed E-state index contributed by atoms with van der Waals surface area (Å²) in [6.45, 7) is -0.157. The molecule has 94 valence electrons. The molecule has 0 unspecified atom stereocenters. The first-order valence-electron chi connectivity index (χ1n) is 4.75. The van der Waals surface area contributed by atoms with Crippen LogP contribution >= 0.6 is 11.6 Å². The fourth-order valence-corrected chi connectivity index (χ4v) is 2.08. The quantitative estimate of drug-likeness (QED) is 0.772. The molecule has 0 aliphatic carbocycles. The third-order valence-electron chi connectivity index (χ3n) is 2.12. The van der Waals surface area contributed by atoms with E-state index in [1.54, 1.807) is 24.3 Å². The topological polar surface area (TPSA) is 90.7 Å². The zero-order valence-corrected chi connectivity index (χ0v) is 10.3. The molecule has 2 rings (SSSR count). The first-order valence-corrected chi connectivity index (χ1v) is 6.68. The Balaban J connectivity index is 2.10. The van der Waals surface area contributed by atoms with Gasteiger partial charge in [-0.15, -0.1) is 0 Å². The van der Waals surface area contributed by atoms with E-state index in [9.17, 15) is 8.42 Å². The van der Waals surface area contributed by atoms with Gasteiger partial charge in [-0.3, -0.25) is 0 Å². The van der Waals surface area contributed by atoms with Crippen LogP contribution in [0, 0.1) is 0 Å². The number of rotatable bonds is 3. The van der Waals surface area contributed by atoms with E-state index in [0.29, 0.717) is 11.5 Å². The van der Waals surface area contributed by atoms with Crippen LogP contribution in [0.25, 0.3) is 0 Å². The second-order valence-corrected chi connectivity index (χ2v) is 5.65. The molecule has 1 aliphatic rings. The first kappa shape index (κ1) is 12.4. The molecule has 6 nitrogen and oxygen atoms in total. The third kappa shape index (κ3) is 3.22. The van der Waals surface area contributed by atoms with Crippen LogP contribution in [0.3, 0.4) is 0 Å². The van der Waals surface area contributed by atoms with Gasteiger partial charge in [0.25, 0.3) is 10.2 Å². The summed E-state index contributed by atoms with van der Waals surface area (Å²) < 4.78 is 34.5. The average Bonchev–Trinajstić information content (AvgIpc) is 2.26. The maximum absolute atomic E-state index is 10.8. The molecule has 0 amide bonds. The number of alkyl halides is 1. The summed E-state index contributed by atoms with van der Waals surface area (Å²) in [7, 11) is -3.81. The van der Waals surface area contributed by atoms with Crippen molar-refractivity contribution in [2.45, 2.75) is 5.06 Å². The molecule has 1 aliphatic heterocycles. The highest BCUT2D eigenvalue weighted by Gasteiger charge is 2.36. The molecule has 8 heteroatoms. The number of para-hydroxylation sites is 2. The lowest BCUT2D eigenvalue weighted by Crippen LogP contribution is -2.50. The maximum Gasteiger partial charge on any atom is 0.274 e. The summed E-state index contributed by atoms with van der Waals surface area (Å²) in [5.74, 6) is 1.03. The number of fused-ring (bicyclic) bond motifs is 1. The Kier molecular flexibility index (Phi) is 3.17. The van der Waals surface area contributed by atoms with E-state index in [1.807, 2.05) is 0 Å². The van der Waals surface area contributed by atoms with Crippen molar-refractivity contribution in [1.82, 2.24) is 4.72 Å². The molecule has 1 aromatic rings. The lowest BCUT2D eigenvalue weighted by atomic mass is 10.2. The molecule has 0 saturated heterocycles. The van der Waals surface area contributed by atoms with E-state index < -0.39 is 15.3 Å². The number of benzene rings is 1. The Hall–Kier alpha value is -1.02. The third-order valence-corrected chi connectivity index (χ3v) is 2.99. The van der Waals surface area contributed by atoms with Gasteiger partial charge in [-0.2, -0.15) is 13.1 Å². The smallest absolute Gasteiger partial charge is 0.274 e. The van der Waals surface area contributed by atoms with Crippen LogP contribution in [-0.4, -0.2) is 26.6 Å². The van der Waals surface area contributed by atoms with Gasteiger partial charge in [-0.25, -0.2) is 5.14 Å². The Morgan fingerprint density at radius 1 is 1.41 bits per heavy atom. The minimum atomic E-state index is -3.81. The van der Waals surface area contributed by atoms with Crippen molar-refractivity contribution in [3.8, 4) is 11.5 Å². The molecule has 0 radical (unpaired) electrons. The number of halogens is 1. The Labute approximate surface area is 104 Å². The molecule has 0 spiro atoms. The van der Waals surface area contributed by atoms with Gasteiger partial charge in [0.1, 0.15) is 6.61 Å². The van der Waals surface area contributed by atoms with Crippen LogP contribution in [0.5, 0.6) is 11.5 Å². The van der Waals surface area contributed by atoms with Crippen molar-refractivity contribution < 1.29 is 17.9 Å². The summed E-state index contributed by atoms with van der Waals surface area (Å²) in [5, 5.41) is 3.52. The highest BCUT2D eigenvalue weighted by Crippen LogP contribution is 2.36. The number of ether oxygens (including phenoxy) is 2. The predicted octanol–water partition coefficient (Wildman–Crippen LogP) is 0.186. The van der Waals surface area contributed by atoms with Crippen LogP contribution in [0.2, 0.25) is 0 Å². The van der Waals surface area contributed by atoms with Crippen LogP contribution in [0.15, 0.2) is 24.3 Å². The molecule has 1 atom stereocenters. The molecule has 0 aromatic heterocycles. The van der Waals surface area contributed by atoms with Gasteiger partial charge in [-0.1, -0.05) is 23.7 Å². The Morgan fingerprint density at radius 2 is 2.06 bits per heavy atom. The van der Waals surface area contributed by atoms with Crippen LogP contribution in [0.1, 0.15) is 0 Å². The van der Waals surface area contributed by atoms with Crippen molar-refractivity contribution in [2.75, 3.05) is 13.2 Å². The van der Waals surface area contributed by atoms with Crippen molar-refractivity contribution in [1.29, 1.82) is 0 Å². The normalized spacial score (nSPS) is 23.4. The highest BCUT2D eigenvalue weighted by atomic mass is 35.5. The maximum atomic E-state index is 10.8. The predicted molar refractivity (Wildman–Crippen MR) is 62.3 cm³/mol. The zero-order valence-electron chi connectivity index (χ0n) is 8.72. The SMILES string of the molecule is NS(=O)(=O)NC[C@]1(Cl)COc2ccccc2O1. The summed E-state index contributed by atoms with van der Waals surface area (Å²) in [6.07, 6.45) is 0. The van der Waals surface area contributed by atoms with E-state index in [1.165, 1.54) is 0 Å². The molecule has 0 saturated carbocycles. The summed E-state index contributed by atoms with van der Waals surface area (Å²) >= 11 is 6.08. The van der Waals surface area contributed by atoms with Crippen molar-refractivity contribution in [3.63, 3.8) is 0 Å². The molecule has 3 N–H and O–H groups in total. The Morgan fingerprint density at radius 3 is 2.71 bits per heavy atom. The van der Waals surface area contributed by atoms with Gasteiger partial charge in [0, 0.05) is 0 Å². The van der Waals surface area contributed by atoms with Crippen LogP contribution in [0.4, 0.5) is 0 Å². The number of nitrogens with one attached hydrogen (secondary N) is 1. The second-order valence-electron chi connectivity index (χ2n) is 3.59. The van der Waals surface area contributed by atoms with Crippen molar-refractivity contribution in [3.05, 3.63) is 24.3 Å². The van der Waals surface area contributed by atoms with Crippen LogP contribution < -0.4 is 19.3 Å². The van der Waals surface area contributed by atoms with Crippen molar-refractivity contribution in [2.24, 2.45) is 5.14 Å². The number of nitrogens with two attached hydrogens (primary N) is 1. The van der Waals surface area contributed by atoms with E-state index >= 15 is 0 Å². The lowest BCUT2D eigenvalue weighted by Gasteiger charge is -2.33. The van der Waals surface area contributed by atoms with Gasteiger partial charge >= 0.3 is 0 Å². The molecule has 1 heterocycles. The highest BCUT2D eigenvalue weighted by molar-refractivity contribution is 7.87. The number of hydrogen-bond acceptors (Lipinski definition) is 4. The average molecular weight is 279 g/mol. The van der Waals surface area contributed by atoms with Gasteiger partial charge in [0.05, 0.1) is 6.54 Å². The van der Waals surface area contributed by atoms with Gasteiger partial charge < -0.3 is 9.47 Å². The minimum absolute atomic E-state index is 0.0219. The van der Waals surface area contributed by atoms with E-state index in [4.69, 9.17) is 26.2 Å². The van der Waals surface area contributed by atoms with Gasteiger partial charge in [0.2, 0.25) is 5.06 Å². The van der Waals surface area contributed by atoms with E-state index in [2.05, 4.69) is 4.72 Å². The monoisotopic (exact) mass is 278 g/mol. The second kappa shape index (κ2) is 4.34. The zero-order chi connectivity index (χ0) is 12.5. The van der Waals surface area contributed by atoms with E-state index in [0.717, 1.165) is 0 Å². The van der Waals surface area contributed by atoms with Crippen molar-refractivity contribution >= 4 is 21.8 Å². The number of hydrogen-bond donors (Lipinski definition) is 2. The molecular weight excluding hydrogens is 268 g/mol. The lowest BCUT2D eigenvalue weighted by molar-refractivity contribution is 0.0612. The molecule has 0 fully saturated rings. The Bertz CT molecular complexity index is 521. The summed E-state index contributed by atoms with van der Waals surface area (Å²) in [6, 6.07) is 6.98. The van der Waals surface area contributed by atoms with Crippen LogP contribution in [-0.2, 0) is 10.2 Å². The standard InChI is InChI=1S/C9H11ClN2O4S/c10-9(5-12-17(11,13)14)6-15-7-3-1-2-4-8(7)16-9/h1-4,12H,5-6H2,(H2,11,13,14)/t9-/m1/s1. The largest absolute Gasteiger partial charge is 0.484 e. The molecule has 0 bridgehead atoms. The molecular formula is C9H11ClN2O4S. The first-order chi connectivity index (χ1) is 7.88. The minimum Gasteiger partial charge on any atom is -0.484 e.